The summed E-state index contributed by atoms with van der Waals surface area (Å²) in [6.07, 6.45) is 0. The maximum atomic E-state index is 5.94. The third-order valence-corrected chi connectivity index (χ3v) is 4.44. The Labute approximate surface area is 159 Å². The van der Waals surface area contributed by atoms with Gasteiger partial charge in [-0.2, -0.15) is 0 Å². The van der Waals surface area contributed by atoms with Crippen molar-refractivity contribution in [1.29, 1.82) is 0 Å². The summed E-state index contributed by atoms with van der Waals surface area (Å²) < 4.78 is 12.4. The topological polar surface area (TPSA) is 51.4 Å². The van der Waals surface area contributed by atoms with Crippen LogP contribution in [0.25, 0.3) is 11.5 Å². The van der Waals surface area contributed by atoms with Crippen molar-refractivity contribution in [2.75, 3.05) is 20.2 Å². The van der Waals surface area contributed by atoms with Crippen molar-refractivity contribution in [2.24, 2.45) is 0 Å². The van der Waals surface area contributed by atoms with Crippen LogP contribution in [0.3, 0.4) is 0 Å². The fourth-order valence-corrected chi connectivity index (χ4v) is 2.88. The smallest absolute Gasteiger partial charge is 0.248 e. The molecule has 3 rings (SSSR count). The molecule has 0 bridgehead atoms. The zero-order valence-corrected chi connectivity index (χ0v) is 16.0. The predicted molar refractivity (Wildman–Crippen MR) is 101 cm³/mol. The maximum absolute atomic E-state index is 5.94. The molecule has 130 valence electrons. The maximum Gasteiger partial charge on any atom is 0.248 e. The molecule has 0 spiro atoms. The molecule has 5 nitrogen and oxygen atoms in total. The Morgan fingerprint density at radius 1 is 1.16 bits per heavy atom. The summed E-state index contributed by atoms with van der Waals surface area (Å²) in [4.78, 5) is 2.06. The Balaban J connectivity index is 1.52. The average Bonchev–Trinajstić information content (AvgIpc) is 3.03. The Morgan fingerprint density at radius 2 is 2.00 bits per heavy atom. The second-order valence-corrected chi connectivity index (χ2v) is 6.82. The Kier molecular flexibility index (Phi) is 6.07. The molecule has 0 amide bonds. The molecule has 3 aromatic rings. The molecule has 0 radical (unpaired) electrons. The normalized spacial score (nSPS) is 11.0. The van der Waals surface area contributed by atoms with Crippen molar-refractivity contribution in [3.05, 3.63) is 63.9 Å². The van der Waals surface area contributed by atoms with Gasteiger partial charge in [-0.25, -0.2) is 0 Å². The van der Waals surface area contributed by atoms with Crippen LogP contribution in [0, 0.1) is 0 Å². The SMILES string of the molecule is CN(CCOc1cccc(Cl)c1)Cc1nnc(-c2ccccc2Br)o1. The molecule has 0 saturated heterocycles. The standard InChI is InChI=1S/C18H17BrClN3O2/c1-23(9-10-24-14-6-4-5-13(20)11-14)12-17-21-22-18(25-17)15-7-2-3-8-16(15)19/h2-8,11H,9-10,12H2,1H3. The van der Waals surface area contributed by atoms with Gasteiger partial charge in [-0.05, 0) is 53.3 Å². The molecule has 0 aliphatic carbocycles. The summed E-state index contributed by atoms with van der Waals surface area (Å²) >= 11 is 9.43. The highest BCUT2D eigenvalue weighted by Gasteiger charge is 2.12. The summed E-state index contributed by atoms with van der Waals surface area (Å²) in [5, 5.41) is 8.90. The van der Waals surface area contributed by atoms with E-state index >= 15 is 0 Å². The van der Waals surface area contributed by atoms with E-state index < -0.39 is 0 Å². The van der Waals surface area contributed by atoms with Gasteiger partial charge in [0.2, 0.25) is 11.8 Å². The minimum atomic E-state index is 0.506. The molecule has 1 aromatic heterocycles. The van der Waals surface area contributed by atoms with E-state index in [1.54, 1.807) is 6.07 Å². The van der Waals surface area contributed by atoms with Gasteiger partial charge in [0.15, 0.2) is 0 Å². The lowest BCUT2D eigenvalue weighted by molar-refractivity contribution is 0.220. The van der Waals surface area contributed by atoms with E-state index in [1.807, 2.05) is 49.5 Å². The molecule has 0 saturated carbocycles. The van der Waals surface area contributed by atoms with Gasteiger partial charge >= 0.3 is 0 Å². The summed E-state index contributed by atoms with van der Waals surface area (Å²) in [5.41, 5.74) is 0.883. The quantitative estimate of drug-likeness (QED) is 0.554. The van der Waals surface area contributed by atoms with Gasteiger partial charge in [0.25, 0.3) is 0 Å². The van der Waals surface area contributed by atoms with E-state index in [0.29, 0.717) is 30.0 Å². The van der Waals surface area contributed by atoms with Gasteiger partial charge in [0, 0.05) is 16.0 Å². The van der Waals surface area contributed by atoms with Crippen LogP contribution in [-0.2, 0) is 6.54 Å². The first-order chi connectivity index (χ1) is 12.1. The van der Waals surface area contributed by atoms with Crippen molar-refractivity contribution < 1.29 is 9.15 Å². The molecule has 0 N–H and O–H groups in total. The van der Waals surface area contributed by atoms with E-state index in [9.17, 15) is 0 Å². The highest BCUT2D eigenvalue weighted by molar-refractivity contribution is 9.10. The zero-order valence-electron chi connectivity index (χ0n) is 13.7. The average molecular weight is 423 g/mol. The van der Waals surface area contributed by atoms with E-state index in [4.69, 9.17) is 20.8 Å². The molecule has 25 heavy (non-hydrogen) atoms. The highest BCUT2D eigenvalue weighted by atomic mass is 79.9. The van der Waals surface area contributed by atoms with Crippen molar-refractivity contribution in [3.63, 3.8) is 0 Å². The van der Waals surface area contributed by atoms with Gasteiger partial charge in [-0.1, -0.05) is 29.8 Å². The summed E-state index contributed by atoms with van der Waals surface area (Å²) in [6, 6.07) is 15.1. The van der Waals surface area contributed by atoms with Crippen LogP contribution in [-0.4, -0.2) is 35.3 Å². The van der Waals surface area contributed by atoms with Crippen molar-refractivity contribution in [1.82, 2.24) is 15.1 Å². The van der Waals surface area contributed by atoms with Crippen LogP contribution >= 0.6 is 27.5 Å². The first kappa shape index (κ1) is 17.9. The highest BCUT2D eigenvalue weighted by Crippen LogP contribution is 2.26. The lowest BCUT2D eigenvalue weighted by Crippen LogP contribution is -2.24. The van der Waals surface area contributed by atoms with E-state index in [-0.39, 0.29) is 0 Å². The van der Waals surface area contributed by atoms with Gasteiger partial charge in [-0.15, -0.1) is 10.2 Å². The number of rotatable bonds is 7. The van der Waals surface area contributed by atoms with E-state index in [2.05, 4.69) is 31.0 Å². The Morgan fingerprint density at radius 3 is 2.80 bits per heavy atom. The number of hydrogen-bond donors (Lipinski definition) is 0. The third-order valence-electron chi connectivity index (χ3n) is 3.51. The lowest BCUT2D eigenvalue weighted by atomic mass is 10.2. The van der Waals surface area contributed by atoms with Crippen LogP contribution in [0.5, 0.6) is 5.75 Å². The van der Waals surface area contributed by atoms with Gasteiger partial charge in [0.05, 0.1) is 12.1 Å². The molecule has 0 aliphatic heterocycles. The fraction of sp³-hybridized carbons (Fsp3) is 0.222. The van der Waals surface area contributed by atoms with E-state index in [1.165, 1.54) is 0 Å². The summed E-state index contributed by atoms with van der Waals surface area (Å²) in [5.74, 6) is 1.83. The van der Waals surface area contributed by atoms with Crippen LogP contribution < -0.4 is 4.74 Å². The molecule has 0 atom stereocenters. The second-order valence-electron chi connectivity index (χ2n) is 5.52. The number of benzene rings is 2. The van der Waals surface area contributed by atoms with Crippen LogP contribution in [0.4, 0.5) is 0 Å². The molecule has 2 aromatic carbocycles. The third kappa shape index (κ3) is 5.04. The van der Waals surface area contributed by atoms with Crippen LogP contribution in [0.1, 0.15) is 5.89 Å². The van der Waals surface area contributed by atoms with Crippen LogP contribution in [0.15, 0.2) is 57.4 Å². The second kappa shape index (κ2) is 8.47. The predicted octanol–water partition coefficient (Wildman–Crippen LogP) is 4.66. The minimum absolute atomic E-state index is 0.506. The van der Waals surface area contributed by atoms with Crippen molar-refractivity contribution in [2.45, 2.75) is 6.54 Å². The largest absolute Gasteiger partial charge is 0.492 e. The van der Waals surface area contributed by atoms with Gasteiger partial charge in [-0.3, -0.25) is 4.90 Å². The van der Waals surface area contributed by atoms with Gasteiger partial charge < -0.3 is 9.15 Å². The first-order valence-electron chi connectivity index (χ1n) is 7.76. The number of nitrogens with zero attached hydrogens (tertiary/aromatic N) is 3. The van der Waals surface area contributed by atoms with E-state index in [0.717, 1.165) is 22.3 Å². The number of aromatic nitrogens is 2. The monoisotopic (exact) mass is 421 g/mol. The summed E-state index contributed by atoms with van der Waals surface area (Å²) in [7, 11) is 1.98. The van der Waals surface area contributed by atoms with Gasteiger partial charge in [0.1, 0.15) is 12.4 Å². The number of likely N-dealkylation sites (N-methyl/N-ethyl adjacent to an activating group) is 1. The Hall–Kier alpha value is -1.89. The number of hydrogen-bond acceptors (Lipinski definition) is 5. The molecule has 0 aliphatic rings. The fourth-order valence-electron chi connectivity index (χ4n) is 2.25. The minimum Gasteiger partial charge on any atom is -0.492 e. The number of ether oxygens (including phenoxy) is 1. The lowest BCUT2D eigenvalue weighted by Gasteiger charge is -2.14. The Bertz CT molecular complexity index is 840. The van der Waals surface area contributed by atoms with Crippen molar-refractivity contribution >= 4 is 27.5 Å². The zero-order chi connectivity index (χ0) is 17.6. The molecule has 1 heterocycles. The molecular formula is C18H17BrClN3O2. The first-order valence-corrected chi connectivity index (χ1v) is 8.93. The number of halogens is 2. The van der Waals surface area contributed by atoms with Crippen LogP contribution in [0.2, 0.25) is 5.02 Å². The molecule has 0 fully saturated rings. The van der Waals surface area contributed by atoms with Crippen molar-refractivity contribution in [3.8, 4) is 17.2 Å². The molecule has 7 heteroatoms. The molecule has 0 unspecified atom stereocenters. The molecular weight excluding hydrogens is 406 g/mol. The summed E-state index contributed by atoms with van der Waals surface area (Å²) in [6.45, 7) is 1.82.